The van der Waals surface area contributed by atoms with E-state index < -0.39 is 17.8 Å². The summed E-state index contributed by atoms with van der Waals surface area (Å²) < 4.78 is 46.2. The van der Waals surface area contributed by atoms with E-state index in [-0.39, 0.29) is 12.5 Å². The van der Waals surface area contributed by atoms with Crippen molar-refractivity contribution in [3.05, 3.63) is 65.9 Å². The van der Waals surface area contributed by atoms with Crippen molar-refractivity contribution in [2.45, 2.75) is 38.5 Å². The summed E-state index contributed by atoms with van der Waals surface area (Å²) in [6.45, 7) is 2.40. The van der Waals surface area contributed by atoms with Crippen LogP contribution in [0.25, 0.3) is 11.3 Å². The molecule has 0 bridgehead atoms. The second kappa shape index (κ2) is 10.4. The zero-order valence-corrected chi connectivity index (χ0v) is 18.4. The molecule has 0 aliphatic heterocycles. The van der Waals surface area contributed by atoms with Crippen LogP contribution in [-0.4, -0.2) is 27.4 Å². The molecule has 9 heteroatoms. The summed E-state index contributed by atoms with van der Waals surface area (Å²) in [5, 5.41) is 15.3. The number of carboxylic acids is 1. The van der Waals surface area contributed by atoms with Crippen molar-refractivity contribution in [1.82, 2.24) is 9.78 Å². The molecule has 0 fully saturated rings. The Morgan fingerprint density at radius 3 is 2.36 bits per heavy atom. The van der Waals surface area contributed by atoms with Crippen molar-refractivity contribution in [1.29, 1.82) is 0 Å². The van der Waals surface area contributed by atoms with Gasteiger partial charge in [0.25, 0.3) is 0 Å². The first kappa shape index (κ1) is 24.2. The van der Waals surface area contributed by atoms with E-state index in [0.717, 1.165) is 30.2 Å². The molecule has 176 valence electrons. The summed E-state index contributed by atoms with van der Waals surface area (Å²) in [5.41, 5.74) is 1.85. The Labute approximate surface area is 190 Å². The van der Waals surface area contributed by atoms with E-state index in [1.165, 1.54) is 11.7 Å². The molecule has 0 spiro atoms. The van der Waals surface area contributed by atoms with Gasteiger partial charge in [-0.2, -0.15) is 18.3 Å². The van der Waals surface area contributed by atoms with Gasteiger partial charge < -0.3 is 15.2 Å². The van der Waals surface area contributed by atoms with Gasteiger partial charge in [0.1, 0.15) is 11.9 Å². The van der Waals surface area contributed by atoms with Gasteiger partial charge in [0, 0.05) is 24.8 Å². The normalized spacial score (nSPS) is 12.4. The van der Waals surface area contributed by atoms with Gasteiger partial charge in [0.2, 0.25) is 0 Å². The topological polar surface area (TPSA) is 76.4 Å². The van der Waals surface area contributed by atoms with Crippen LogP contribution in [0.4, 0.5) is 18.9 Å². The number of carboxylic acid groups (broad SMARTS) is 1. The molecule has 6 nitrogen and oxygen atoms in total. The Balaban J connectivity index is 1.70. The van der Waals surface area contributed by atoms with Crippen molar-refractivity contribution in [2.75, 3.05) is 11.9 Å². The highest BCUT2D eigenvalue weighted by Crippen LogP contribution is 2.33. The highest BCUT2D eigenvalue weighted by molar-refractivity contribution is 5.67. The van der Waals surface area contributed by atoms with Crippen LogP contribution in [0, 0.1) is 0 Å². The average molecular weight is 461 g/mol. The molecule has 3 rings (SSSR count). The number of ether oxygens (including phenoxy) is 1. The van der Waals surface area contributed by atoms with E-state index in [1.54, 1.807) is 24.3 Å². The fourth-order valence-corrected chi connectivity index (χ4v) is 3.43. The molecule has 0 saturated carbocycles. The average Bonchev–Trinajstić information content (AvgIpc) is 3.16. The Kier molecular flexibility index (Phi) is 7.63. The number of hydrogen-bond acceptors (Lipinski definition) is 4. The predicted octanol–water partition coefficient (Wildman–Crippen LogP) is 5.91. The first-order valence-electron chi connectivity index (χ1n) is 10.6. The maximum Gasteiger partial charge on any atom is 0.435 e. The maximum absolute atomic E-state index is 12.9. The molecule has 0 aliphatic carbocycles. The third-order valence-electron chi connectivity index (χ3n) is 5.10. The zero-order chi connectivity index (χ0) is 24.0. The zero-order valence-electron chi connectivity index (χ0n) is 18.4. The van der Waals surface area contributed by atoms with Gasteiger partial charge in [-0.1, -0.05) is 25.5 Å². The number of rotatable bonds is 10. The number of halogens is 3. The van der Waals surface area contributed by atoms with Crippen LogP contribution in [0.15, 0.2) is 54.6 Å². The Morgan fingerprint density at radius 1 is 1.15 bits per heavy atom. The molecule has 33 heavy (non-hydrogen) atoms. The summed E-state index contributed by atoms with van der Waals surface area (Å²) in [5.74, 6) is -0.246. The van der Waals surface area contributed by atoms with Gasteiger partial charge in [-0.15, -0.1) is 0 Å². The fourth-order valence-electron chi connectivity index (χ4n) is 3.43. The smallest absolute Gasteiger partial charge is 0.435 e. The van der Waals surface area contributed by atoms with E-state index in [1.807, 2.05) is 24.3 Å². The number of aromatic nitrogens is 2. The number of anilines is 1. The van der Waals surface area contributed by atoms with Crippen molar-refractivity contribution in [3.63, 3.8) is 0 Å². The van der Waals surface area contributed by atoms with E-state index in [0.29, 0.717) is 23.6 Å². The summed E-state index contributed by atoms with van der Waals surface area (Å²) in [6.07, 6.45) is -2.97. The minimum atomic E-state index is -4.49. The van der Waals surface area contributed by atoms with E-state index >= 15 is 0 Å². The molecule has 0 radical (unpaired) electrons. The lowest BCUT2D eigenvalue weighted by Crippen LogP contribution is -2.09. The lowest BCUT2D eigenvalue weighted by Gasteiger charge is -2.20. The van der Waals surface area contributed by atoms with Crippen LogP contribution >= 0.6 is 0 Å². The SMILES string of the molecule is CCCC(Oc1ccc(-c2cc(C(F)(F)F)nn2C)cc1)c1ccc(NCCC(=O)O)cc1. The van der Waals surface area contributed by atoms with Crippen LogP contribution in [0.1, 0.15) is 43.5 Å². The second-order valence-corrected chi connectivity index (χ2v) is 7.65. The molecule has 1 atom stereocenters. The van der Waals surface area contributed by atoms with E-state index in [2.05, 4.69) is 17.3 Å². The largest absolute Gasteiger partial charge is 0.486 e. The molecule has 1 unspecified atom stereocenters. The second-order valence-electron chi connectivity index (χ2n) is 7.65. The number of alkyl halides is 3. The minimum absolute atomic E-state index is 0.0374. The fraction of sp³-hybridized carbons (Fsp3) is 0.333. The van der Waals surface area contributed by atoms with Crippen LogP contribution in [0.3, 0.4) is 0 Å². The van der Waals surface area contributed by atoms with Gasteiger partial charge in [-0.05, 0) is 54.4 Å². The van der Waals surface area contributed by atoms with Gasteiger partial charge in [0.05, 0.1) is 12.1 Å². The number of aryl methyl sites for hydroxylation is 1. The predicted molar refractivity (Wildman–Crippen MR) is 119 cm³/mol. The molecular weight excluding hydrogens is 435 g/mol. The van der Waals surface area contributed by atoms with Crippen molar-refractivity contribution in [3.8, 4) is 17.0 Å². The quantitative estimate of drug-likeness (QED) is 0.392. The van der Waals surface area contributed by atoms with Gasteiger partial charge in [-0.3, -0.25) is 9.48 Å². The van der Waals surface area contributed by atoms with Crippen LogP contribution in [0.5, 0.6) is 5.75 Å². The number of nitrogens with one attached hydrogen (secondary N) is 1. The lowest BCUT2D eigenvalue weighted by molar-refractivity contribution is -0.141. The number of hydrogen-bond donors (Lipinski definition) is 2. The van der Waals surface area contributed by atoms with Crippen LogP contribution in [-0.2, 0) is 18.0 Å². The Morgan fingerprint density at radius 2 is 1.82 bits per heavy atom. The molecule has 0 amide bonds. The number of carbonyl (C=O) groups is 1. The molecule has 0 aliphatic rings. The highest BCUT2D eigenvalue weighted by atomic mass is 19.4. The number of aliphatic carboxylic acids is 1. The van der Waals surface area contributed by atoms with Crippen LogP contribution in [0.2, 0.25) is 0 Å². The third-order valence-corrected chi connectivity index (χ3v) is 5.10. The summed E-state index contributed by atoms with van der Waals surface area (Å²) in [7, 11) is 1.48. The summed E-state index contributed by atoms with van der Waals surface area (Å²) in [4.78, 5) is 10.6. The van der Waals surface area contributed by atoms with Crippen LogP contribution < -0.4 is 10.1 Å². The number of benzene rings is 2. The minimum Gasteiger partial charge on any atom is -0.486 e. The van der Waals surface area contributed by atoms with Gasteiger partial charge in [-0.25, -0.2) is 0 Å². The van der Waals surface area contributed by atoms with Crippen molar-refractivity contribution < 1.29 is 27.8 Å². The van der Waals surface area contributed by atoms with Crippen molar-refractivity contribution in [2.24, 2.45) is 7.05 Å². The van der Waals surface area contributed by atoms with Crippen molar-refractivity contribution >= 4 is 11.7 Å². The highest BCUT2D eigenvalue weighted by Gasteiger charge is 2.34. The molecule has 1 aromatic heterocycles. The molecular formula is C24H26F3N3O3. The third kappa shape index (κ3) is 6.50. The Bertz CT molecular complexity index is 1060. The first-order chi connectivity index (χ1) is 15.7. The van der Waals surface area contributed by atoms with E-state index in [9.17, 15) is 18.0 Å². The number of nitrogens with zero attached hydrogens (tertiary/aromatic N) is 2. The maximum atomic E-state index is 12.9. The molecule has 0 saturated heterocycles. The standard InChI is InChI=1S/C24H26F3N3O3/c1-3-4-21(17-5-9-18(10-6-17)28-14-13-23(31)32)33-19-11-7-16(8-12-19)20-15-22(24(25,26)27)29-30(20)2/h5-12,15,21,28H,3-4,13-14H2,1-2H3,(H,31,32). The monoisotopic (exact) mass is 461 g/mol. The first-order valence-corrected chi connectivity index (χ1v) is 10.6. The molecule has 2 aromatic carbocycles. The lowest BCUT2D eigenvalue weighted by atomic mass is 10.0. The molecule has 1 heterocycles. The molecule has 3 aromatic rings. The van der Waals surface area contributed by atoms with E-state index in [4.69, 9.17) is 9.84 Å². The van der Waals surface area contributed by atoms with Gasteiger partial charge in [0.15, 0.2) is 5.69 Å². The summed E-state index contributed by atoms with van der Waals surface area (Å²) in [6, 6.07) is 15.6. The van der Waals surface area contributed by atoms with Gasteiger partial charge >= 0.3 is 12.1 Å². The summed E-state index contributed by atoms with van der Waals surface area (Å²) >= 11 is 0. The Hall–Kier alpha value is -3.49. The molecule has 2 N–H and O–H groups in total.